The van der Waals surface area contributed by atoms with Crippen LogP contribution in [0.25, 0.3) is 11.1 Å². The Hall–Kier alpha value is -3.03. The molecule has 2 heterocycles. The monoisotopic (exact) mass is 565 g/mol. The molecule has 3 aromatic carbocycles. The van der Waals surface area contributed by atoms with E-state index in [1.165, 1.54) is 32.1 Å². The molecule has 1 fully saturated rings. The van der Waals surface area contributed by atoms with Crippen LogP contribution in [-0.4, -0.2) is 34.4 Å². The van der Waals surface area contributed by atoms with Crippen molar-refractivity contribution in [1.82, 2.24) is 0 Å². The lowest BCUT2D eigenvalue weighted by molar-refractivity contribution is 0.0692. The lowest BCUT2D eigenvalue weighted by atomic mass is 9.74. The lowest BCUT2D eigenvalue weighted by Crippen LogP contribution is -2.38. The zero-order valence-corrected chi connectivity index (χ0v) is 23.5. The minimum atomic E-state index is -1.27. The second kappa shape index (κ2) is 10.9. The number of carboxylic acids is 1. The van der Waals surface area contributed by atoms with Crippen LogP contribution in [0.3, 0.4) is 0 Å². The first kappa shape index (κ1) is 26.2. The number of fused-ring (bicyclic) bond motifs is 2. The highest BCUT2D eigenvalue weighted by molar-refractivity contribution is 7.85. The molecule has 6 nitrogen and oxygen atoms in total. The maximum absolute atomic E-state index is 14.0. The van der Waals surface area contributed by atoms with Crippen LogP contribution >= 0.6 is 11.6 Å². The van der Waals surface area contributed by atoms with Crippen molar-refractivity contribution in [2.45, 2.75) is 43.9 Å². The van der Waals surface area contributed by atoms with Crippen molar-refractivity contribution in [1.29, 1.82) is 0 Å². The van der Waals surface area contributed by atoms with Gasteiger partial charge in [-0.3, -0.25) is 4.21 Å². The van der Waals surface area contributed by atoms with Crippen molar-refractivity contribution >= 4 is 39.7 Å². The summed E-state index contributed by atoms with van der Waals surface area (Å²) < 4.78 is 25.0. The van der Waals surface area contributed by atoms with Crippen LogP contribution in [-0.2, 0) is 10.8 Å². The lowest BCUT2D eigenvalue weighted by Gasteiger charge is -2.41. The molecule has 39 heavy (non-hydrogen) atoms. The standard InChI is InChI=1S/C31H32ClNO5S/c1-19-17-39(36)29-14-23(21-12-24(31(34)35)30-28(13-21)37-18-38-30)26(32)15-27(29)33(22-10-6-3-7-11-22)16-25(19)20-8-4-2-5-9-20/h3,6-7,10-15,19-20,25H,2,4-5,8-9,16-18H2,1H3,(H,34,35)/t19?,25-,39?/m1/s1. The molecule has 0 bridgehead atoms. The average molecular weight is 566 g/mol. The van der Waals surface area contributed by atoms with Crippen LogP contribution in [0.5, 0.6) is 11.5 Å². The Morgan fingerprint density at radius 1 is 1.05 bits per heavy atom. The van der Waals surface area contributed by atoms with Crippen molar-refractivity contribution in [2.24, 2.45) is 17.8 Å². The first-order valence-corrected chi connectivity index (χ1v) is 15.3. The Morgan fingerprint density at radius 3 is 2.56 bits per heavy atom. The minimum Gasteiger partial charge on any atom is -0.478 e. The number of hydrogen-bond donors (Lipinski definition) is 1. The van der Waals surface area contributed by atoms with Gasteiger partial charge in [-0.1, -0.05) is 68.8 Å². The van der Waals surface area contributed by atoms with Crippen molar-refractivity contribution in [2.75, 3.05) is 24.0 Å². The van der Waals surface area contributed by atoms with Gasteiger partial charge in [-0.25, -0.2) is 4.79 Å². The molecule has 2 unspecified atom stereocenters. The second-order valence-electron chi connectivity index (χ2n) is 10.9. The fraction of sp³-hybridized carbons (Fsp3) is 0.387. The van der Waals surface area contributed by atoms with Crippen LogP contribution in [0, 0.1) is 17.8 Å². The average Bonchev–Trinajstić information content (AvgIpc) is 3.42. The molecule has 2 aliphatic heterocycles. The molecule has 3 atom stereocenters. The topological polar surface area (TPSA) is 76.1 Å². The van der Waals surface area contributed by atoms with Crippen molar-refractivity contribution < 1.29 is 23.6 Å². The summed E-state index contributed by atoms with van der Waals surface area (Å²) >= 11 is 6.94. The Labute approximate surface area is 236 Å². The van der Waals surface area contributed by atoms with Crippen LogP contribution in [0.15, 0.2) is 59.5 Å². The number of halogens is 1. The number of benzene rings is 3. The highest BCUT2D eigenvalue weighted by Gasteiger charge is 2.35. The summed E-state index contributed by atoms with van der Waals surface area (Å²) in [4.78, 5) is 15.0. The van der Waals surface area contributed by atoms with Crippen molar-refractivity contribution in [3.05, 3.63) is 65.2 Å². The van der Waals surface area contributed by atoms with E-state index in [9.17, 15) is 14.1 Å². The fourth-order valence-corrected chi connectivity index (χ4v) is 8.27. The normalized spacial score (nSPS) is 23.1. The molecule has 204 valence electrons. The van der Waals surface area contributed by atoms with Gasteiger partial charge in [-0.15, -0.1) is 0 Å². The fourth-order valence-electron chi connectivity index (χ4n) is 6.45. The molecule has 6 rings (SSSR count). The zero-order chi connectivity index (χ0) is 27.1. The first-order chi connectivity index (χ1) is 18.9. The van der Waals surface area contributed by atoms with Crippen LogP contribution in [0.4, 0.5) is 11.4 Å². The minimum absolute atomic E-state index is 0.0128. The molecule has 1 N–H and O–H groups in total. The summed E-state index contributed by atoms with van der Waals surface area (Å²) in [6.45, 7) is 3.05. The Kier molecular flexibility index (Phi) is 7.29. The zero-order valence-electron chi connectivity index (χ0n) is 21.9. The summed E-state index contributed by atoms with van der Waals surface area (Å²) in [6, 6.07) is 17.3. The second-order valence-corrected chi connectivity index (χ2v) is 12.7. The molecular weight excluding hydrogens is 534 g/mol. The SMILES string of the molecule is CC1CS(=O)c2cc(-c3cc4c(c(C(=O)O)c3)OCO4)c(Cl)cc2N(c2ccccc2)C[C@H]1C1CCCCC1. The molecular formula is C31H32ClNO5S. The predicted octanol–water partition coefficient (Wildman–Crippen LogP) is 7.53. The van der Waals surface area contributed by atoms with Gasteiger partial charge in [-0.05, 0) is 59.7 Å². The third kappa shape index (κ3) is 5.03. The number of hydrogen-bond acceptors (Lipinski definition) is 5. The number of para-hydroxylation sites is 1. The van der Waals surface area contributed by atoms with E-state index in [4.69, 9.17) is 21.1 Å². The van der Waals surface area contributed by atoms with Gasteiger partial charge in [0.15, 0.2) is 11.5 Å². The van der Waals surface area contributed by atoms with Gasteiger partial charge in [-0.2, -0.15) is 0 Å². The van der Waals surface area contributed by atoms with Crippen molar-refractivity contribution in [3.63, 3.8) is 0 Å². The third-order valence-corrected chi connectivity index (χ3v) is 10.4. The van der Waals surface area contributed by atoms with E-state index >= 15 is 0 Å². The van der Waals surface area contributed by atoms with Gasteiger partial charge in [0.1, 0.15) is 5.56 Å². The number of aromatic carboxylic acids is 1. The van der Waals surface area contributed by atoms with E-state index in [0.717, 1.165) is 17.9 Å². The van der Waals surface area contributed by atoms with Gasteiger partial charge in [0, 0.05) is 23.5 Å². The summed E-state index contributed by atoms with van der Waals surface area (Å²) in [6.07, 6.45) is 6.29. The molecule has 0 spiro atoms. The smallest absolute Gasteiger partial charge is 0.339 e. The molecule has 3 aromatic rings. The molecule has 0 amide bonds. The molecule has 0 saturated heterocycles. The molecule has 1 aliphatic carbocycles. The van der Waals surface area contributed by atoms with Gasteiger partial charge >= 0.3 is 5.97 Å². The number of anilines is 2. The summed E-state index contributed by atoms with van der Waals surface area (Å²) in [5.41, 5.74) is 3.11. The van der Waals surface area contributed by atoms with Gasteiger partial charge in [0.2, 0.25) is 6.79 Å². The molecule has 8 heteroatoms. The predicted molar refractivity (Wildman–Crippen MR) is 154 cm³/mol. The summed E-state index contributed by atoms with van der Waals surface area (Å²) in [5.74, 6) is 1.39. The molecule has 0 aromatic heterocycles. The van der Waals surface area contributed by atoms with Gasteiger partial charge < -0.3 is 19.5 Å². The van der Waals surface area contributed by atoms with E-state index in [1.54, 1.807) is 12.1 Å². The van der Waals surface area contributed by atoms with E-state index in [2.05, 4.69) is 24.0 Å². The first-order valence-electron chi connectivity index (χ1n) is 13.6. The van der Waals surface area contributed by atoms with Crippen molar-refractivity contribution in [3.8, 4) is 22.6 Å². The van der Waals surface area contributed by atoms with Crippen LogP contribution < -0.4 is 14.4 Å². The van der Waals surface area contributed by atoms with Crippen LogP contribution in [0.1, 0.15) is 49.4 Å². The summed E-state index contributed by atoms with van der Waals surface area (Å²) in [5, 5.41) is 10.3. The highest BCUT2D eigenvalue weighted by Crippen LogP contribution is 2.46. The number of ether oxygens (including phenoxy) is 2. The number of nitrogens with zero attached hydrogens (tertiary/aromatic N) is 1. The van der Waals surface area contributed by atoms with E-state index in [0.29, 0.717) is 44.4 Å². The third-order valence-electron chi connectivity index (χ3n) is 8.46. The largest absolute Gasteiger partial charge is 0.478 e. The summed E-state index contributed by atoms with van der Waals surface area (Å²) in [7, 11) is -1.27. The maximum Gasteiger partial charge on any atom is 0.339 e. The Morgan fingerprint density at radius 2 is 1.82 bits per heavy atom. The van der Waals surface area contributed by atoms with Crippen LogP contribution in [0.2, 0.25) is 5.02 Å². The Balaban J connectivity index is 1.49. The van der Waals surface area contributed by atoms with Gasteiger partial charge in [0.05, 0.1) is 26.4 Å². The number of carboxylic acid groups (broad SMARTS) is 1. The maximum atomic E-state index is 14.0. The number of rotatable bonds is 4. The Bertz CT molecular complexity index is 1420. The molecule has 0 radical (unpaired) electrons. The quantitative estimate of drug-likeness (QED) is 0.352. The van der Waals surface area contributed by atoms with E-state index in [-0.39, 0.29) is 24.0 Å². The number of carbonyl (C=O) groups is 1. The highest BCUT2D eigenvalue weighted by atomic mass is 35.5. The molecule has 1 saturated carbocycles. The van der Waals surface area contributed by atoms with E-state index < -0.39 is 16.8 Å². The van der Waals surface area contributed by atoms with Gasteiger partial charge in [0.25, 0.3) is 0 Å². The van der Waals surface area contributed by atoms with E-state index in [1.807, 2.05) is 30.3 Å². The molecule has 3 aliphatic rings.